The molecule has 2 nitrogen and oxygen atoms in total. The van der Waals surface area contributed by atoms with Gasteiger partial charge in [-0.15, -0.1) is 0 Å². The molecule has 96 valence electrons. The van der Waals surface area contributed by atoms with Crippen LogP contribution in [0.4, 0.5) is 0 Å². The van der Waals surface area contributed by atoms with Crippen molar-refractivity contribution in [2.45, 2.75) is 12.8 Å². The van der Waals surface area contributed by atoms with Crippen LogP contribution >= 0.6 is 0 Å². The summed E-state index contributed by atoms with van der Waals surface area (Å²) in [6.45, 7) is 0. The highest BCUT2D eigenvalue weighted by molar-refractivity contribution is 5.97. The third kappa shape index (κ3) is 4.43. The van der Waals surface area contributed by atoms with Gasteiger partial charge in [-0.05, 0) is 30.0 Å². The number of benzene rings is 2. The van der Waals surface area contributed by atoms with Crippen LogP contribution in [0.25, 0.3) is 6.08 Å². The number of hydrogen-bond acceptors (Lipinski definition) is 2. The summed E-state index contributed by atoms with van der Waals surface area (Å²) in [5, 5.41) is 12.4. The SMILES string of the molecule is O/N=C(/C=C/c1ccccc1)CCc1ccccc1. The van der Waals surface area contributed by atoms with Gasteiger partial charge < -0.3 is 5.21 Å². The molecule has 0 spiro atoms. The van der Waals surface area contributed by atoms with Gasteiger partial charge in [-0.1, -0.05) is 71.9 Å². The topological polar surface area (TPSA) is 32.6 Å². The van der Waals surface area contributed by atoms with Crippen LogP contribution < -0.4 is 0 Å². The molecular formula is C17H17NO. The first-order chi connectivity index (χ1) is 9.38. The Morgan fingerprint density at radius 1 is 0.947 bits per heavy atom. The van der Waals surface area contributed by atoms with Gasteiger partial charge in [-0.3, -0.25) is 0 Å². The second kappa shape index (κ2) is 7.17. The standard InChI is InChI=1S/C17H17NO/c19-18-17(13-11-15-7-3-1-4-8-15)14-12-16-9-5-2-6-10-16/h1-11,13,19H,12,14H2/b13-11+,18-17-. The van der Waals surface area contributed by atoms with Crippen LogP contribution in [0.1, 0.15) is 17.5 Å². The van der Waals surface area contributed by atoms with Gasteiger partial charge in [0.25, 0.3) is 0 Å². The number of hydrogen-bond donors (Lipinski definition) is 1. The van der Waals surface area contributed by atoms with E-state index in [1.54, 1.807) is 0 Å². The van der Waals surface area contributed by atoms with E-state index >= 15 is 0 Å². The lowest BCUT2D eigenvalue weighted by atomic mass is 10.1. The Morgan fingerprint density at radius 3 is 2.21 bits per heavy atom. The van der Waals surface area contributed by atoms with Crippen molar-refractivity contribution in [3.63, 3.8) is 0 Å². The lowest BCUT2D eigenvalue weighted by molar-refractivity contribution is 0.318. The first-order valence-electron chi connectivity index (χ1n) is 6.36. The minimum absolute atomic E-state index is 0.688. The number of oxime groups is 1. The van der Waals surface area contributed by atoms with Gasteiger partial charge in [0.1, 0.15) is 0 Å². The fourth-order valence-corrected chi connectivity index (χ4v) is 1.84. The monoisotopic (exact) mass is 251 g/mol. The summed E-state index contributed by atoms with van der Waals surface area (Å²) in [5.41, 5.74) is 3.04. The molecule has 2 aromatic carbocycles. The van der Waals surface area contributed by atoms with Crippen LogP contribution in [0.5, 0.6) is 0 Å². The van der Waals surface area contributed by atoms with E-state index in [2.05, 4.69) is 17.3 Å². The van der Waals surface area contributed by atoms with Crippen molar-refractivity contribution in [3.05, 3.63) is 77.9 Å². The summed E-state index contributed by atoms with van der Waals surface area (Å²) < 4.78 is 0. The molecule has 0 aliphatic heterocycles. The lowest BCUT2D eigenvalue weighted by Gasteiger charge is -2.00. The third-order valence-corrected chi connectivity index (χ3v) is 2.91. The highest BCUT2D eigenvalue weighted by atomic mass is 16.4. The van der Waals surface area contributed by atoms with Gasteiger partial charge in [0.2, 0.25) is 0 Å². The second-order valence-electron chi connectivity index (χ2n) is 4.32. The van der Waals surface area contributed by atoms with Crippen LogP contribution in [-0.2, 0) is 6.42 Å². The van der Waals surface area contributed by atoms with Gasteiger partial charge in [0.05, 0.1) is 5.71 Å². The van der Waals surface area contributed by atoms with Crippen molar-refractivity contribution < 1.29 is 5.21 Å². The van der Waals surface area contributed by atoms with Gasteiger partial charge in [-0.25, -0.2) is 0 Å². The maximum Gasteiger partial charge on any atom is 0.0799 e. The molecule has 0 aliphatic carbocycles. The van der Waals surface area contributed by atoms with Crippen molar-refractivity contribution in [2.75, 3.05) is 0 Å². The smallest absolute Gasteiger partial charge is 0.0799 e. The minimum atomic E-state index is 0.688. The molecule has 0 radical (unpaired) electrons. The molecule has 0 saturated heterocycles. The fourth-order valence-electron chi connectivity index (χ4n) is 1.84. The van der Waals surface area contributed by atoms with Crippen molar-refractivity contribution in [1.82, 2.24) is 0 Å². The van der Waals surface area contributed by atoms with E-state index < -0.39 is 0 Å². The average molecular weight is 251 g/mol. The van der Waals surface area contributed by atoms with E-state index in [0.29, 0.717) is 5.71 Å². The molecule has 0 aliphatic rings. The number of rotatable bonds is 5. The average Bonchev–Trinajstić information content (AvgIpc) is 2.49. The summed E-state index contributed by atoms with van der Waals surface area (Å²) in [7, 11) is 0. The Morgan fingerprint density at radius 2 is 1.58 bits per heavy atom. The van der Waals surface area contributed by atoms with Crippen molar-refractivity contribution in [3.8, 4) is 0 Å². The first kappa shape index (κ1) is 13.1. The van der Waals surface area contributed by atoms with Crippen LogP contribution in [0, 0.1) is 0 Å². The molecule has 0 amide bonds. The summed E-state index contributed by atoms with van der Waals surface area (Å²) in [6, 6.07) is 20.2. The Balaban J connectivity index is 1.93. The first-order valence-corrected chi connectivity index (χ1v) is 6.36. The van der Waals surface area contributed by atoms with E-state index in [0.717, 1.165) is 18.4 Å². The zero-order valence-corrected chi connectivity index (χ0v) is 10.7. The summed E-state index contributed by atoms with van der Waals surface area (Å²) in [6.07, 6.45) is 5.42. The van der Waals surface area contributed by atoms with E-state index in [1.165, 1.54) is 5.56 Å². The maximum atomic E-state index is 9.02. The van der Waals surface area contributed by atoms with E-state index in [-0.39, 0.29) is 0 Å². The molecule has 0 aromatic heterocycles. The molecule has 0 unspecified atom stereocenters. The number of nitrogens with zero attached hydrogens (tertiary/aromatic N) is 1. The maximum absolute atomic E-state index is 9.02. The normalized spacial score (nSPS) is 11.9. The molecule has 2 rings (SSSR count). The number of allylic oxidation sites excluding steroid dienone is 1. The molecule has 0 fully saturated rings. The van der Waals surface area contributed by atoms with Crippen LogP contribution in [0.2, 0.25) is 0 Å². The molecule has 0 atom stereocenters. The summed E-state index contributed by atoms with van der Waals surface area (Å²) >= 11 is 0. The van der Waals surface area contributed by atoms with E-state index in [9.17, 15) is 0 Å². The molecule has 2 aromatic rings. The van der Waals surface area contributed by atoms with Gasteiger partial charge >= 0.3 is 0 Å². The largest absolute Gasteiger partial charge is 0.411 e. The van der Waals surface area contributed by atoms with Gasteiger partial charge in [-0.2, -0.15) is 0 Å². The Labute approximate surface area is 113 Å². The van der Waals surface area contributed by atoms with Crippen molar-refractivity contribution in [2.24, 2.45) is 5.16 Å². The molecule has 0 saturated carbocycles. The highest BCUT2D eigenvalue weighted by Crippen LogP contribution is 2.06. The minimum Gasteiger partial charge on any atom is -0.411 e. The van der Waals surface area contributed by atoms with Gasteiger partial charge in [0, 0.05) is 0 Å². The molecule has 19 heavy (non-hydrogen) atoms. The predicted molar refractivity (Wildman–Crippen MR) is 79.5 cm³/mol. The van der Waals surface area contributed by atoms with E-state index in [4.69, 9.17) is 5.21 Å². The summed E-state index contributed by atoms with van der Waals surface area (Å²) in [5.74, 6) is 0. The molecule has 0 heterocycles. The van der Waals surface area contributed by atoms with Crippen molar-refractivity contribution >= 4 is 11.8 Å². The molecular weight excluding hydrogens is 234 g/mol. The highest BCUT2D eigenvalue weighted by Gasteiger charge is 1.97. The van der Waals surface area contributed by atoms with Crippen LogP contribution in [0.15, 0.2) is 71.9 Å². The summed E-state index contributed by atoms with van der Waals surface area (Å²) in [4.78, 5) is 0. The Hall–Kier alpha value is -2.35. The van der Waals surface area contributed by atoms with Crippen LogP contribution in [0.3, 0.4) is 0 Å². The second-order valence-corrected chi connectivity index (χ2v) is 4.32. The quantitative estimate of drug-likeness (QED) is 0.483. The number of aryl methyl sites for hydroxylation is 1. The fraction of sp³-hybridized carbons (Fsp3) is 0.118. The molecule has 1 N–H and O–H groups in total. The van der Waals surface area contributed by atoms with Crippen molar-refractivity contribution in [1.29, 1.82) is 0 Å². The van der Waals surface area contributed by atoms with Gasteiger partial charge in [0.15, 0.2) is 0 Å². The van der Waals surface area contributed by atoms with Crippen LogP contribution in [-0.4, -0.2) is 10.9 Å². The van der Waals surface area contributed by atoms with E-state index in [1.807, 2.05) is 60.7 Å². The molecule has 0 bridgehead atoms. The molecule has 2 heteroatoms. The lowest BCUT2D eigenvalue weighted by Crippen LogP contribution is -1.97. The third-order valence-electron chi connectivity index (χ3n) is 2.91. The zero-order chi connectivity index (χ0) is 13.3. The zero-order valence-electron chi connectivity index (χ0n) is 10.7. The Kier molecular flexibility index (Phi) is 4.94. The Bertz CT molecular complexity index is 544. The predicted octanol–water partition coefficient (Wildman–Crippen LogP) is 4.16.